The number of anilines is 1. The lowest BCUT2D eigenvalue weighted by molar-refractivity contribution is 0.0993. The fraction of sp³-hybridized carbons (Fsp3) is 0.0714. The molecular formula is C14H11BrINO. The van der Waals surface area contributed by atoms with Gasteiger partial charge < -0.3 is 5.73 Å². The van der Waals surface area contributed by atoms with Crippen LogP contribution in [0, 0.1) is 3.57 Å². The normalized spacial score (nSPS) is 10.3. The van der Waals surface area contributed by atoms with Crippen LogP contribution in [0.3, 0.4) is 0 Å². The molecular weight excluding hydrogens is 405 g/mol. The molecule has 0 amide bonds. The fourth-order valence-corrected chi connectivity index (χ4v) is 2.33. The van der Waals surface area contributed by atoms with E-state index in [0.717, 1.165) is 10.0 Å². The first-order valence-corrected chi connectivity index (χ1v) is 7.26. The van der Waals surface area contributed by atoms with E-state index in [1.54, 1.807) is 18.2 Å². The van der Waals surface area contributed by atoms with Crippen molar-refractivity contribution in [2.75, 3.05) is 5.73 Å². The minimum atomic E-state index is 0.0944. The van der Waals surface area contributed by atoms with E-state index in [4.69, 9.17) is 5.73 Å². The molecule has 4 heteroatoms. The van der Waals surface area contributed by atoms with Crippen LogP contribution in [0.15, 0.2) is 46.9 Å². The topological polar surface area (TPSA) is 43.1 Å². The average Bonchev–Trinajstić information content (AvgIpc) is 2.35. The summed E-state index contributed by atoms with van der Waals surface area (Å²) in [5, 5.41) is 0. The number of carbonyl (C=O) groups is 1. The first-order chi connectivity index (χ1) is 8.56. The molecule has 0 aromatic heterocycles. The highest BCUT2D eigenvalue weighted by molar-refractivity contribution is 14.1. The second kappa shape index (κ2) is 5.84. The van der Waals surface area contributed by atoms with Gasteiger partial charge in [0.25, 0.3) is 0 Å². The molecule has 0 aliphatic heterocycles. The van der Waals surface area contributed by atoms with Crippen LogP contribution in [0.2, 0.25) is 0 Å². The Morgan fingerprint density at radius 2 is 1.83 bits per heavy atom. The van der Waals surface area contributed by atoms with Gasteiger partial charge >= 0.3 is 0 Å². The van der Waals surface area contributed by atoms with Gasteiger partial charge in [0.2, 0.25) is 0 Å². The number of hydrogen-bond donors (Lipinski definition) is 1. The summed E-state index contributed by atoms with van der Waals surface area (Å²) < 4.78 is 1.93. The van der Waals surface area contributed by atoms with Gasteiger partial charge in [0.1, 0.15) is 0 Å². The molecule has 0 aliphatic carbocycles. The zero-order valence-electron chi connectivity index (χ0n) is 9.49. The molecule has 2 N–H and O–H groups in total. The molecule has 0 unspecified atom stereocenters. The maximum absolute atomic E-state index is 12.1. The first-order valence-electron chi connectivity index (χ1n) is 5.39. The number of carbonyl (C=O) groups excluding carboxylic acids is 1. The molecule has 0 aliphatic rings. The van der Waals surface area contributed by atoms with Crippen molar-refractivity contribution in [3.63, 3.8) is 0 Å². The van der Waals surface area contributed by atoms with Crippen molar-refractivity contribution in [1.82, 2.24) is 0 Å². The molecule has 2 aromatic carbocycles. The third-order valence-corrected chi connectivity index (χ3v) is 4.01. The van der Waals surface area contributed by atoms with E-state index in [2.05, 4.69) is 38.5 Å². The number of ketones is 1. The molecule has 0 heterocycles. The Morgan fingerprint density at radius 1 is 1.17 bits per heavy atom. The Labute approximate surface area is 128 Å². The summed E-state index contributed by atoms with van der Waals surface area (Å²) in [6.45, 7) is 0. The van der Waals surface area contributed by atoms with Gasteiger partial charge in [-0.05, 0) is 74.4 Å². The van der Waals surface area contributed by atoms with Gasteiger partial charge in [0.05, 0.1) is 0 Å². The average molecular weight is 416 g/mol. The third kappa shape index (κ3) is 3.32. The quantitative estimate of drug-likeness (QED) is 0.466. The van der Waals surface area contributed by atoms with E-state index in [1.807, 2.05) is 24.3 Å². The minimum absolute atomic E-state index is 0.0944. The van der Waals surface area contributed by atoms with Crippen LogP contribution in [0.4, 0.5) is 5.69 Å². The van der Waals surface area contributed by atoms with E-state index in [-0.39, 0.29) is 5.78 Å². The summed E-state index contributed by atoms with van der Waals surface area (Å²) in [5.74, 6) is 0.0944. The lowest BCUT2D eigenvalue weighted by Gasteiger charge is -2.04. The zero-order chi connectivity index (χ0) is 13.1. The second-order valence-corrected chi connectivity index (χ2v) is 6.06. The van der Waals surface area contributed by atoms with E-state index in [9.17, 15) is 4.79 Å². The zero-order valence-corrected chi connectivity index (χ0v) is 13.2. The van der Waals surface area contributed by atoms with Crippen molar-refractivity contribution < 1.29 is 4.79 Å². The Kier molecular flexibility index (Phi) is 4.40. The predicted molar refractivity (Wildman–Crippen MR) is 85.7 cm³/mol. The van der Waals surface area contributed by atoms with E-state index >= 15 is 0 Å². The molecule has 18 heavy (non-hydrogen) atoms. The van der Waals surface area contributed by atoms with Crippen molar-refractivity contribution in [2.45, 2.75) is 6.42 Å². The molecule has 0 spiro atoms. The highest BCUT2D eigenvalue weighted by Gasteiger charge is 2.08. The van der Waals surface area contributed by atoms with Gasteiger partial charge in [-0.2, -0.15) is 0 Å². The molecule has 0 fully saturated rings. The van der Waals surface area contributed by atoms with Crippen LogP contribution in [0.1, 0.15) is 15.9 Å². The molecule has 2 rings (SSSR count). The van der Waals surface area contributed by atoms with Gasteiger partial charge in [-0.15, -0.1) is 0 Å². The fourth-order valence-electron chi connectivity index (χ4n) is 1.59. The molecule has 2 aromatic rings. The van der Waals surface area contributed by atoms with Gasteiger partial charge in [-0.3, -0.25) is 4.79 Å². The number of hydrogen-bond acceptors (Lipinski definition) is 2. The monoisotopic (exact) mass is 415 g/mol. The molecule has 0 radical (unpaired) electrons. The summed E-state index contributed by atoms with van der Waals surface area (Å²) in [6.07, 6.45) is 0.410. The molecule has 0 saturated heterocycles. The molecule has 0 bridgehead atoms. The summed E-state index contributed by atoms with van der Waals surface area (Å²) >= 11 is 5.58. The van der Waals surface area contributed by atoms with Crippen molar-refractivity contribution in [3.8, 4) is 0 Å². The van der Waals surface area contributed by atoms with Gasteiger partial charge in [0, 0.05) is 25.7 Å². The van der Waals surface area contributed by atoms with Crippen LogP contribution in [0.5, 0.6) is 0 Å². The summed E-state index contributed by atoms with van der Waals surface area (Å²) in [5.41, 5.74) is 8.04. The summed E-state index contributed by atoms with van der Waals surface area (Å²) in [7, 11) is 0. The highest BCUT2D eigenvalue weighted by Crippen LogP contribution is 2.21. The number of halogens is 2. The number of nitrogen functional groups attached to an aromatic ring is 1. The standard InChI is InChI=1S/C14H11BrINO/c15-12-8-10(3-6-13(12)17)14(18)7-9-1-4-11(16)5-2-9/h1-6,8H,7,17H2. The SMILES string of the molecule is Nc1ccc(C(=O)Cc2ccc(I)cc2)cc1Br. The Balaban J connectivity index is 2.16. The Hall–Kier alpha value is -0.880. The minimum Gasteiger partial charge on any atom is -0.398 e. The Morgan fingerprint density at radius 3 is 2.44 bits per heavy atom. The van der Waals surface area contributed by atoms with E-state index < -0.39 is 0 Å². The maximum Gasteiger partial charge on any atom is 0.167 e. The van der Waals surface area contributed by atoms with Crippen molar-refractivity contribution in [3.05, 3.63) is 61.6 Å². The third-order valence-electron chi connectivity index (χ3n) is 2.60. The van der Waals surface area contributed by atoms with E-state index in [1.165, 1.54) is 3.57 Å². The number of rotatable bonds is 3. The summed E-state index contributed by atoms with van der Waals surface area (Å²) in [6, 6.07) is 13.2. The molecule has 92 valence electrons. The van der Waals surface area contributed by atoms with Crippen molar-refractivity contribution in [1.29, 1.82) is 0 Å². The smallest absolute Gasteiger partial charge is 0.167 e. The predicted octanol–water partition coefficient (Wildman–Crippen LogP) is 4.06. The van der Waals surface area contributed by atoms with Crippen LogP contribution in [-0.2, 0) is 6.42 Å². The van der Waals surface area contributed by atoms with Crippen molar-refractivity contribution >= 4 is 50.0 Å². The van der Waals surface area contributed by atoms with Crippen LogP contribution >= 0.6 is 38.5 Å². The number of Topliss-reactive ketones (excluding diaryl/α,β-unsaturated/α-hetero) is 1. The molecule has 0 saturated carbocycles. The maximum atomic E-state index is 12.1. The van der Waals surface area contributed by atoms with Gasteiger partial charge in [-0.25, -0.2) is 0 Å². The largest absolute Gasteiger partial charge is 0.398 e. The van der Waals surface area contributed by atoms with Gasteiger partial charge in [-0.1, -0.05) is 12.1 Å². The lowest BCUT2D eigenvalue weighted by Crippen LogP contribution is -2.04. The van der Waals surface area contributed by atoms with E-state index in [0.29, 0.717) is 17.7 Å². The van der Waals surface area contributed by atoms with Crippen molar-refractivity contribution in [2.24, 2.45) is 0 Å². The lowest BCUT2D eigenvalue weighted by atomic mass is 10.0. The van der Waals surface area contributed by atoms with Crippen LogP contribution in [0.25, 0.3) is 0 Å². The highest BCUT2D eigenvalue weighted by atomic mass is 127. The number of nitrogens with two attached hydrogens (primary N) is 1. The summed E-state index contributed by atoms with van der Waals surface area (Å²) in [4.78, 5) is 12.1. The van der Waals surface area contributed by atoms with Crippen LogP contribution < -0.4 is 5.73 Å². The number of benzene rings is 2. The molecule has 2 nitrogen and oxygen atoms in total. The van der Waals surface area contributed by atoms with Gasteiger partial charge in [0.15, 0.2) is 5.78 Å². The molecule has 0 atom stereocenters. The Bertz CT molecular complexity index is 581. The second-order valence-electron chi connectivity index (χ2n) is 3.96. The first kappa shape index (κ1) is 13.5. The van der Waals surface area contributed by atoms with Crippen LogP contribution in [-0.4, -0.2) is 5.78 Å².